The summed E-state index contributed by atoms with van der Waals surface area (Å²) in [7, 11) is 1.65. The van der Waals surface area contributed by atoms with Crippen molar-refractivity contribution in [3.8, 4) is 5.75 Å². The number of rotatable bonds is 4. The van der Waals surface area contributed by atoms with Crippen LogP contribution in [-0.2, 0) is 6.42 Å². The normalized spacial score (nSPS) is 12.5. The van der Waals surface area contributed by atoms with Crippen LogP contribution in [0.1, 0.15) is 34.2 Å². The van der Waals surface area contributed by atoms with Gasteiger partial charge >= 0.3 is 0 Å². The van der Waals surface area contributed by atoms with Crippen LogP contribution in [0, 0.1) is 20.8 Å². The highest BCUT2D eigenvalue weighted by atomic mass is 16.5. The average molecular weight is 259 g/mol. The Bertz CT molecular complexity index is 555. The van der Waals surface area contributed by atoms with E-state index in [-0.39, 0.29) is 0 Å². The van der Waals surface area contributed by atoms with Crippen molar-refractivity contribution in [2.24, 2.45) is 0 Å². The van der Waals surface area contributed by atoms with E-state index >= 15 is 0 Å². The fourth-order valence-electron chi connectivity index (χ4n) is 2.29. The standard InChI is InChI=1S/C16H21NO2/c1-10-11(2)16(17-12(10)3)15(18)9-13-5-7-14(19-4)8-6-13/h5-8,15,17-18H,9H2,1-4H3. The molecule has 0 spiro atoms. The maximum absolute atomic E-state index is 10.4. The molecule has 102 valence electrons. The lowest BCUT2D eigenvalue weighted by Crippen LogP contribution is -2.04. The molecule has 0 aliphatic carbocycles. The zero-order valence-corrected chi connectivity index (χ0v) is 11.9. The number of methoxy groups -OCH3 is 1. The van der Waals surface area contributed by atoms with Crippen molar-refractivity contribution in [2.75, 3.05) is 7.11 Å². The molecule has 0 aliphatic heterocycles. The van der Waals surface area contributed by atoms with Crippen molar-refractivity contribution >= 4 is 0 Å². The van der Waals surface area contributed by atoms with Crippen LogP contribution in [-0.4, -0.2) is 17.2 Å². The van der Waals surface area contributed by atoms with E-state index in [9.17, 15) is 5.11 Å². The van der Waals surface area contributed by atoms with E-state index in [2.05, 4.69) is 11.9 Å². The predicted octanol–water partition coefficient (Wildman–Crippen LogP) is 3.22. The molecular formula is C16H21NO2. The summed E-state index contributed by atoms with van der Waals surface area (Å²) in [5.74, 6) is 0.834. The molecule has 19 heavy (non-hydrogen) atoms. The van der Waals surface area contributed by atoms with Crippen molar-refractivity contribution in [3.05, 3.63) is 52.3 Å². The number of ether oxygens (including phenoxy) is 1. The largest absolute Gasteiger partial charge is 0.497 e. The molecule has 1 unspecified atom stereocenters. The van der Waals surface area contributed by atoms with Gasteiger partial charge in [-0.1, -0.05) is 12.1 Å². The molecule has 2 aromatic rings. The molecule has 0 fully saturated rings. The maximum Gasteiger partial charge on any atom is 0.118 e. The molecule has 2 N–H and O–H groups in total. The lowest BCUT2D eigenvalue weighted by Gasteiger charge is -2.11. The summed E-state index contributed by atoms with van der Waals surface area (Å²) >= 11 is 0. The molecule has 3 heteroatoms. The van der Waals surface area contributed by atoms with E-state index in [0.717, 1.165) is 28.3 Å². The van der Waals surface area contributed by atoms with E-state index in [1.165, 1.54) is 5.56 Å². The Balaban J connectivity index is 2.15. The van der Waals surface area contributed by atoms with Gasteiger partial charge < -0.3 is 14.8 Å². The van der Waals surface area contributed by atoms with Gasteiger partial charge in [-0.15, -0.1) is 0 Å². The lowest BCUT2D eigenvalue weighted by molar-refractivity contribution is 0.173. The second-order valence-electron chi connectivity index (χ2n) is 4.98. The zero-order valence-electron chi connectivity index (χ0n) is 11.9. The molecule has 1 heterocycles. The predicted molar refractivity (Wildman–Crippen MR) is 76.7 cm³/mol. The molecule has 3 nitrogen and oxygen atoms in total. The Morgan fingerprint density at radius 1 is 1.11 bits per heavy atom. The van der Waals surface area contributed by atoms with Gasteiger partial charge in [-0.3, -0.25) is 0 Å². The third-order valence-electron chi connectivity index (χ3n) is 3.77. The van der Waals surface area contributed by atoms with Gasteiger partial charge in [-0.25, -0.2) is 0 Å². The van der Waals surface area contributed by atoms with Gasteiger partial charge in [0.1, 0.15) is 5.75 Å². The number of aliphatic hydroxyl groups is 1. The Hall–Kier alpha value is -1.74. The molecular weight excluding hydrogens is 238 g/mol. The van der Waals surface area contributed by atoms with E-state index in [1.807, 2.05) is 38.1 Å². The van der Waals surface area contributed by atoms with Crippen LogP contribution >= 0.6 is 0 Å². The molecule has 0 saturated heterocycles. The fourth-order valence-corrected chi connectivity index (χ4v) is 2.29. The van der Waals surface area contributed by atoms with Crippen LogP contribution in [0.25, 0.3) is 0 Å². The smallest absolute Gasteiger partial charge is 0.118 e. The van der Waals surface area contributed by atoms with Crippen molar-refractivity contribution < 1.29 is 9.84 Å². The number of aryl methyl sites for hydroxylation is 1. The van der Waals surface area contributed by atoms with Crippen LogP contribution in [0.5, 0.6) is 5.75 Å². The summed E-state index contributed by atoms with van der Waals surface area (Å²) in [6.45, 7) is 6.15. The fraction of sp³-hybridized carbons (Fsp3) is 0.375. The van der Waals surface area contributed by atoms with Gasteiger partial charge in [-0.05, 0) is 49.6 Å². The highest BCUT2D eigenvalue weighted by molar-refractivity contribution is 5.36. The number of aromatic amines is 1. The van der Waals surface area contributed by atoms with E-state index in [1.54, 1.807) is 7.11 Å². The number of aliphatic hydroxyl groups excluding tert-OH is 1. The summed E-state index contributed by atoms with van der Waals surface area (Å²) < 4.78 is 5.13. The molecule has 2 rings (SSSR count). The minimum absolute atomic E-state index is 0.499. The maximum atomic E-state index is 10.4. The highest BCUT2D eigenvalue weighted by Gasteiger charge is 2.16. The number of nitrogens with one attached hydrogen (secondary N) is 1. The first-order valence-corrected chi connectivity index (χ1v) is 6.49. The van der Waals surface area contributed by atoms with Crippen LogP contribution in [0.3, 0.4) is 0 Å². The lowest BCUT2D eigenvalue weighted by atomic mass is 10.0. The number of H-pyrrole nitrogens is 1. The molecule has 0 bridgehead atoms. The molecule has 1 aromatic heterocycles. The van der Waals surface area contributed by atoms with Crippen LogP contribution in [0.2, 0.25) is 0 Å². The van der Waals surface area contributed by atoms with Gasteiger partial charge in [0, 0.05) is 17.8 Å². The Morgan fingerprint density at radius 2 is 1.74 bits per heavy atom. The number of hydrogen-bond acceptors (Lipinski definition) is 2. The minimum atomic E-state index is -0.499. The van der Waals surface area contributed by atoms with Crippen molar-refractivity contribution in [2.45, 2.75) is 33.3 Å². The van der Waals surface area contributed by atoms with Gasteiger partial charge in [0.25, 0.3) is 0 Å². The van der Waals surface area contributed by atoms with Gasteiger partial charge in [0.15, 0.2) is 0 Å². The van der Waals surface area contributed by atoms with Crippen LogP contribution in [0.4, 0.5) is 0 Å². The minimum Gasteiger partial charge on any atom is -0.497 e. The van der Waals surface area contributed by atoms with Crippen LogP contribution < -0.4 is 4.74 Å². The first kappa shape index (κ1) is 13.7. The molecule has 0 aliphatic rings. The molecule has 0 saturated carbocycles. The molecule has 1 atom stereocenters. The second kappa shape index (κ2) is 5.49. The third-order valence-corrected chi connectivity index (χ3v) is 3.77. The second-order valence-corrected chi connectivity index (χ2v) is 4.98. The number of benzene rings is 1. The van der Waals surface area contributed by atoms with Crippen molar-refractivity contribution in [1.82, 2.24) is 4.98 Å². The SMILES string of the molecule is COc1ccc(CC(O)c2[nH]c(C)c(C)c2C)cc1. The van der Waals surface area contributed by atoms with Crippen molar-refractivity contribution in [1.29, 1.82) is 0 Å². The van der Waals surface area contributed by atoms with Gasteiger partial charge in [0.2, 0.25) is 0 Å². The Labute approximate surface area is 114 Å². The topological polar surface area (TPSA) is 45.2 Å². The first-order valence-electron chi connectivity index (χ1n) is 6.49. The quantitative estimate of drug-likeness (QED) is 0.885. The Morgan fingerprint density at radius 3 is 2.21 bits per heavy atom. The van der Waals surface area contributed by atoms with Gasteiger partial charge in [-0.2, -0.15) is 0 Å². The summed E-state index contributed by atoms with van der Waals surface area (Å²) in [6.07, 6.45) is 0.102. The summed E-state index contributed by atoms with van der Waals surface area (Å²) in [5.41, 5.74) is 5.52. The molecule has 0 amide bonds. The molecule has 1 aromatic carbocycles. The number of aromatic nitrogens is 1. The summed E-state index contributed by atoms with van der Waals surface area (Å²) in [6, 6.07) is 7.81. The van der Waals surface area contributed by atoms with Crippen LogP contribution in [0.15, 0.2) is 24.3 Å². The Kier molecular flexibility index (Phi) is 3.96. The van der Waals surface area contributed by atoms with E-state index in [4.69, 9.17) is 4.74 Å². The molecule has 0 radical (unpaired) electrons. The average Bonchev–Trinajstić information content (AvgIpc) is 2.67. The van der Waals surface area contributed by atoms with Gasteiger partial charge in [0.05, 0.1) is 13.2 Å². The van der Waals surface area contributed by atoms with E-state index in [0.29, 0.717) is 6.42 Å². The summed E-state index contributed by atoms with van der Waals surface area (Å²) in [5, 5.41) is 10.4. The summed E-state index contributed by atoms with van der Waals surface area (Å²) in [4.78, 5) is 3.28. The van der Waals surface area contributed by atoms with Crippen molar-refractivity contribution in [3.63, 3.8) is 0 Å². The number of hydrogen-bond donors (Lipinski definition) is 2. The highest BCUT2D eigenvalue weighted by Crippen LogP contribution is 2.25. The first-order chi connectivity index (χ1) is 9.02. The monoisotopic (exact) mass is 259 g/mol. The van der Waals surface area contributed by atoms with E-state index < -0.39 is 6.10 Å². The third kappa shape index (κ3) is 2.82. The zero-order chi connectivity index (χ0) is 14.0.